The number of hydrogen-bond acceptors (Lipinski definition) is 5. The molecule has 1 aliphatic heterocycles. The zero-order chi connectivity index (χ0) is 19.5. The van der Waals surface area contributed by atoms with Gasteiger partial charge in [-0.2, -0.15) is 0 Å². The normalized spacial score (nSPS) is 17.2. The minimum absolute atomic E-state index is 0. The highest BCUT2D eigenvalue weighted by Gasteiger charge is 2.27. The Morgan fingerprint density at radius 1 is 1.21 bits per heavy atom. The lowest BCUT2D eigenvalue weighted by Crippen LogP contribution is -2.45. The molecule has 1 saturated carbocycles. The Morgan fingerprint density at radius 3 is 2.59 bits per heavy atom. The van der Waals surface area contributed by atoms with Gasteiger partial charge in [0.25, 0.3) is 5.91 Å². The van der Waals surface area contributed by atoms with Crippen LogP contribution in [-0.2, 0) is 5.75 Å². The quantitative estimate of drug-likeness (QED) is 0.643. The highest BCUT2D eigenvalue weighted by atomic mass is 35.5. The van der Waals surface area contributed by atoms with E-state index in [-0.39, 0.29) is 18.3 Å². The van der Waals surface area contributed by atoms with Gasteiger partial charge in [0.15, 0.2) is 0 Å². The SMILES string of the molecule is Cc1noc(C)c1CSc1ccccc1C(=O)N1CCC(NCC2CC2)CC1.Cl. The molecular formula is C22H30ClN3O2S. The highest BCUT2D eigenvalue weighted by Crippen LogP contribution is 2.30. The fourth-order valence-electron chi connectivity index (χ4n) is 3.74. The van der Waals surface area contributed by atoms with Crippen molar-refractivity contribution < 1.29 is 9.32 Å². The topological polar surface area (TPSA) is 58.4 Å². The van der Waals surface area contributed by atoms with Gasteiger partial charge in [-0.15, -0.1) is 24.2 Å². The molecule has 1 aromatic heterocycles. The van der Waals surface area contributed by atoms with Gasteiger partial charge in [-0.05, 0) is 64.1 Å². The number of carbonyl (C=O) groups is 1. The molecule has 2 heterocycles. The summed E-state index contributed by atoms with van der Waals surface area (Å²) in [4.78, 5) is 16.2. The van der Waals surface area contributed by atoms with Gasteiger partial charge in [-0.1, -0.05) is 17.3 Å². The maximum absolute atomic E-state index is 13.2. The van der Waals surface area contributed by atoms with Gasteiger partial charge in [0.1, 0.15) is 5.76 Å². The Kier molecular flexibility index (Phi) is 7.66. The number of aromatic nitrogens is 1. The minimum Gasteiger partial charge on any atom is -0.361 e. The van der Waals surface area contributed by atoms with Gasteiger partial charge >= 0.3 is 0 Å². The summed E-state index contributed by atoms with van der Waals surface area (Å²) in [6.45, 7) is 6.73. The molecule has 1 amide bonds. The summed E-state index contributed by atoms with van der Waals surface area (Å²) in [5.41, 5.74) is 2.85. The first-order valence-corrected chi connectivity index (χ1v) is 11.3. The smallest absolute Gasteiger partial charge is 0.254 e. The zero-order valence-electron chi connectivity index (χ0n) is 17.1. The molecule has 158 valence electrons. The Bertz CT molecular complexity index is 810. The number of carbonyl (C=O) groups excluding carboxylic acids is 1. The van der Waals surface area contributed by atoms with E-state index in [9.17, 15) is 4.79 Å². The van der Waals surface area contributed by atoms with Crippen molar-refractivity contribution in [3.63, 3.8) is 0 Å². The Morgan fingerprint density at radius 2 is 1.93 bits per heavy atom. The summed E-state index contributed by atoms with van der Waals surface area (Å²) >= 11 is 1.68. The lowest BCUT2D eigenvalue weighted by Gasteiger charge is -2.33. The van der Waals surface area contributed by atoms with E-state index in [0.717, 1.165) is 71.6 Å². The average Bonchev–Trinajstić information content (AvgIpc) is 3.50. The summed E-state index contributed by atoms with van der Waals surface area (Å²) in [7, 11) is 0. The summed E-state index contributed by atoms with van der Waals surface area (Å²) < 4.78 is 5.26. The van der Waals surface area contributed by atoms with Crippen LogP contribution in [0.25, 0.3) is 0 Å². The van der Waals surface area contributed by atoms with Crippen molar-refractivity contribution in [1.29, 1.82) is 0 Å². The summed E-state index contributed by atoms with van der Waals surface area (Å²) in [6.07, 6.45) is 4.86. The highest BCUT2D eigenvalue weighted by molar-refractivity contribution is 7.98. The largest absolute Gasteiger partial charge is 0.361 e. The van der Waals surface area contributed by atoms with Crippen LogP contribution in [0.3, 0.4) is 0 Å². The Balaban J connectivity index is 0.00000240. The second kappa shape index (κ2) is 10.0. The Hall–Kier alpha value is -1.50. The maximum Gasteiger partial charge on any atom is 0.254 e. The molecule has 2 aliphatic rings. The molecule has 1 saturated heterocycles. The van der Waals surface area contributed by atoms with Gasteiger partial charge in [-0.3, -0.25) is 4.79 Å². The van der Waals surface area contributed by atoms with E-state index < -0.39 is 0 Å². The van der Waals surface area contributed by atoms with E-state index in [1.165, 1.54) is 12.8 Å². The monoisotopic (exact) mass is 435 g/mol. The van der Waals surface area contributed by atoms with Crippen molar-refractivity contribution in [2.24, 2.45) is 5.92 Å². The van der Waals surface area contributed by atoms with Crippen LogP contribution in [0.5, 0.6) is 0 Å². The van der Waals surface area contributed by atoms with Gasteiger partial charge in [0.2, 0.25) is 0 Å². The minimum atomic E-state index is 0. The number of nitrogens with one attached hydrogen (secondary N) is 1. The molecule has 0 spiro atoms. The third-order valence-electron chi connectivity index (χ3n) is 5.84. The van der Waals surface area contributed by atoms with Gasteiger partial charge in [0.05, 0.1) is 11.3 Å². The van der Waals surface area contributed by atoms with Crippen LogP contribution in [0.4, 0.5) is 0 Å². The second-order valence-electron chi connectivity index (χ2n) is 8.01. The zero-order valence-corrected chi connectivity index (χ0v) is 18.8. The summed E-state index contributed by atoms with van der Waals surface area (Å²) in [5.74, 6) is 2.68. The third kappa shape index (κ3) is 5.56. The molecule has 0 radical (unpaired) electrons. The molecule has 1 aromatic carbocycles. The number of aryl methyl sites for hydroxylation is 2. The number of likely N-dealkylation sites (tertiary alicyclic amines) is 1. The van der Waals surface area contributed by atoms with Gasteiger partial charge < -0.3 is 14.7 Å². The number of benzene rings is 1. The average molecular weight is 436 g/mol. The Labute approximate surface area is 183 Å². The molecule has 1 aliphatic carbocycles. The lowest BCUT2D eigenvalue weighted by molar-refractivity contribution is 0.0701. The van der Waals surface area contributed by atoms with Crippen LogP contribution in [0.1, 0.15) is 53.1 Å². The van der Waals surface area contributed by atoms with E-state index in [4.69, 9.17) is 4.52 Å². The molecule has 7 heteroatoms. The molecule has 2 aromatic rings. The van der Waals surface area contributed by atoms with Crippen molar-refractivity contribution in [2.75, 3.05) is 19.6 Å². The number of rotatable bonds is 7. The van der Waals surface area contributed by atoms with Gasteiger partial charge in [-0.25, -0.2) is 0 Å². The molecule has 5 nitrogen and oxygen atoms in total. The number of halogens is 1. The molecular weight excluding hydrogens is 406 g/mol. The van der Waals surface area contributed by atoms with Crippen LogP contribution in [-0.4, -0.2) is 41.6 Å². The summed E-state index contributed by atoms with van der Waals surface area (Å²) in [6, 6.07) is 8.52. The molecule has 2 fully saturated rings. The van der Waals surface area contributed by atoms with Crippen LogP contribution >= 0.6 is 24.2 Å². The van der Waals surface area contributed by atoms with Crippen LogP contribution in [0.2, 0.25) is 0 Å². The van der Waals surface area contributed by atoms with E-state index in [1.54, 1.807) is 11.8 Å². The fourth-order valence-corrected chi connectivity index (χ4v) is 4.94. The fraction of sp³-hybridized carbons (Fsp3) is 0.545. The van der Waals surface area contributed by atoms with Crippen LogP contribution in [0, 0.1) is 19.8 Å². The molecule has 0 bridgehead atoms. The number of hydrogen-bond donors (Lipinski definition) is 1. The van der Waals surface area contributed by atoms with E-state index in [2.05, 4.69) is 10.5 Å². The molecule has 29 heavy (non-hydrogen) atoms. The van der Waals surface area contributed by atoms with E-state index >= 15 is 0 Å². The standard InChI is InChI=1S/C22H29N3O2S.ClH/c1-15-20(16(2)27-24-15)14-28-21-6-4-3-5-19(21)22(26)25-11-9-18(10-12-25)23-13-17-7-8-17;/h3-6,17-18,23H,7-14H2,1-2H3;1H. The number of amides is 1. The van der Waals surface area contributed by atoms with Crippen molar-refractivity contribution >= 4 is 30.1 Å². The number of nitrogens with zero attached hydrogens (tertiary/aromatic N) is 2. The lowest BCUT2D eigenvalue weighted by atomic mass is 10.0. The van der Waals surface area contributed by atoms with Crippen molar-refractivity contribution in [2.45, 2.75) is 56.2 Å². The van der Waals surface area contributed by atoms with E-state index in [0.29, 0.717) is 6.04 Å². The molecule has 1 N–H and O–H groups in total. The molecule has 0 unspecified atom stereocenters. The first kappa shape index (κ1) is 22.2. The second-order valence-corrected chi connectivity index (χ2v) is 9.02. The predicted octanol–water partition coefficient (Wildman–Crippen LogP) is 4.61. The summed E-state index contributed by atoms with van der Waals surface area (Å²) in [5, 5.41) is 7.71. The first-order chi connectivity index (χ1) is 13.6. The molecule has 0 atom stereocenters. The first-order valence-electron chi connectivity index (χ1n) is 10.3. The van der Waals surface area contributed by atoms with Crippen molar-refractivity contribution in [3.05, 3.63) is 46.8 Å². The van der Waals surface area contributed by atoms with Crippen molar-refractivity contribution in [1.82, 2.24) is 15.4 Å². The number of piperidine rings is 1. The maximum atomic E-state index is 13.2. The van der Waals surface area contributed by atoms with E-state index in [1.807, 2.05) is 43.0 Å². The molecule has 4 rings (SSSR count). The van der Waals surface area contributed by atoms with Crippen molar-refractivity contribution in [3.8, 4) is 0 Å². The predicted molar refractivity (Wildman–Crippen MR) is 119 cm³/mol. The van der Waals surface area contributed by atoms with Gasteiger partial charge in [0, 0.05) is 35.3 Å². The van der Waals surface area contributed by atoms with Crippen LogP contribution < -0.4 is 5.32 Å². The third-order valence-corrected chi connectivity index (χ3v) is 6.95. The van der Waals surface area contributed by atoms with Crippen LogP contribution in [0.15, 0.2) is 33.7 Å². The number of thioether (sulfide) groups is 1.